The van der Waals surface area contributed by atoms with Crippen LogP contribution in [0.25, 0.3) is 10.3 Å². The molecule has 0 aliphatic heterocycles. The Balaban J connectivity index is 3.05. The lowest BCUT2D eigenvalue weighted by Gasteiger charge is -1.92. The van der Waals surface area contributed by atoms with Crippen molar-refractivity contribution in [3.63, 3.8) is 0 Å². The van der Waals surface area contributed by atoms with Crippen LogP contribution >= 0.6 is 34.2 Å². The SMILES string of the molecule is Nc1ccnc2c1sc(=O)n2I. The molecule has 0 fully saturated rings. The van der Waals surface area contributed by atoms with E-state index in [1.165, 1.54) is 2.78 Å². The third-order valence-corrected chi connectivity index (χ3v) is 3.65. The molecule has 62 valence electrons. The van der Waals surface area contributed by atoms with Crippen molar-refractivity contribution in [2.75, 3.05) is 5.73 Å². The van der Waals surface area contributed by atoms with E-state index in [0.717, 1.165) is 16.0 Å². The highest BCUT2D eigenvalue weighted by atomic mass is 127. The topological polar surface area (TPSA) is 60.9 Å². The van der Waals surface area contributed by atoms with Gasteiger partial charge in [0, 0.05) is 6.20 Å². The number of hydrogen-bond donors (Lipinski definition) is 1. The minimum atomic E-state index is -0.0454. The van der Waals surface area contributed by atoms with Gasteiger partial charge in [-0.25, -0.2) is 7.76 Å². The first-order valence-corrected chi connectivity index (χ1v) is 4.90. The van der Waals surface area contributed by atoms with Gasteiger partial charge in [0.15, 0.2) is 5.65 Å². The summed E-state index contributed by atoms with van der Waals surface area (Å²) in [6.07, 6.45) is 1.60. The van der Waals surface area contributed by atoms with Gasteiger partial charge >= 0.3 is 4.87 Å². The van der Waals surface area contributed by atoms with Crippen molar-refractivity contribution in [3.05, 3.63) is 21.9 Å². The fraction of sp³-hybridized carbons (Fsp3) is 0. The largest absolute Gasteiger partial charge is 0.397 e. The van der Waals surface area contributed by atoms with E-state index >= 15 is 0 Å². The van der Waals surface area contributed by atoms with E-state index in [2.05, 4.69) is 4.98 Å². The average Bonchev–Trinajstić information content (AvgIpc) is 2.32. The number of nitrogens with two attached hydrogens (primary N) is 1. The predicted molar refractivity (Wildman–Crippen MR) is 57.7 cm³/mol. The Kier molecular flexibility index (Phi) is 1.80. The number of aromatic nitrogens is 2. The summed E-state index contributed by atoms with van der Waals surface area (Å²) in [5.74, 6) is 0. The summed E-state index contributed by atoms with van der Waals surface area (Å²) in [4.78, 5) is 15.2. The molecule has 0 atom stereocenters. The van der Waals surface area contributed by atoms with E-state index in [-0.39, 0.29) is 4.87 Å². The van der Waals surface area contributed by atoms with Crippen LogP contribution in [0.15, 0.2) is 17.1 Å². The number of anilines is 1. The van der Waals surface area contributed by atoms with Crippen LogP contribution in [-0.2, 0) is 0 Å². The van der Waals surface area contributed by atoms with Gasteiger partial charge in [0.05, 0.1) is 33.3 Å². The maximum atomic E-state index is 11.2. The second kappa shape index (κ2) is 2.70. The zero-order valence-electron chi connectivity index (χ0n) is 5.82. The molecule has 0 amide bonds. The van der Waals surface area contributed by atoms with Crippen LogP contribution < -0.4 is 10.6 Å². The summed E-state index contributed by atoms with van der Waals surface area (Å²) in [5.41, 5.74) is 6.91. The average molecular weight is 293 g/mol. The van der Waals surface area contributed by atoms with Crippen molar-refractivity contribution in [3.8, 4) is 0 Å². The summed E-state index contributed by atoms with van der Waals surface area (Å²) in [6, 6.07) is 1.69. The van der Waals surface area contributed by atoms with Crippen molar-refractivity contribution in [1.82, 2.24) is 7.76 Å². The minimum absolute atomic E-state index is 0.0454. The molecule has 2 aromatic heterocycles. The van der Waals surface area contributed by atoms with Crippen LogP contribution in [0.4, 0.5) is 5.69 Å². The zero-order valence-corrected chi connectivity index (χ0v) is 8.79. The van der Waals surface area contributed by atoms with Gasteiger partial charge in [-0.3, -0.25) is 4.79 Å². The summed E-state index contributed by atoms with van der Waals surface area (Å²) < 4.78 is 2.23. The Hall–Kier alpha value is -0.630. The lowest BCUT2D eigenvalue weighted by Crippen LogP contribution is -2.00. The molecular formula is C6H4IN3OS. The van der Waals surface area contributed by atoms with Gasteiger partial charge < -0.3 is 5.73 Å². The first-order valence-electron chi connectivity index (χ1n) is 3.12. The maximum Gasteiger partial charge on any atom is 0.318 e. The summed E-state index contributed by atoms with van der Waals surface area (Å²) in [5, 5.41) is 0. The van der Waals surface area contributed by atoms with Crippen LogP contribution in [0.2, 0.25) is 0 Å². The normalized spacial score (nSPS) is 10.8. The van der Waals surface area contributed by atoms with Gasteiger partial charge in [-0.05, 0) is 6.07 Å². The van der Waals surface area contributed by atoms with Crippen LogP contribution in [0, 0.1) is 0 Å². The van der Waals surface area contributed by atoms with E-state index in [1.54, 1.807) is 12.3 Å². The molecule has 0 spiro atoms. The van der Waals surface area contributed by atoms with Crippen molar-refractivity contribution in [2.24, 2.45) is 0 Å². The molecule has 0 aliphatic carbocycles. The van der Waals surface area contributed by atoms with Crippen LogP contribution in [0.5, 0.6) is 0 Å². The van der Waals surface area contributed by atoms with Crippen molar-refractivity contribution >= 4 is 50.2 Å². The second-order valence-electron chi connectivity index (χ2n) is 2.20. The molecule has 4 nitrogen and oxygen atoms in total. The number of halogens is 1. The lowest BCUT2D eigenvalue weighted by atomic mass is 10.4. The lowest BCUT2D eigenvalue weighted by molar-refractivity contribution is 1.26. The third kappa shape index (κ3) is 1.02. The number of fused-ring (bicyclic) bond motifs is 1. The number of hydrogen-bond acceptors (Lipinski definition) is 4. The highest BCUT2D eigenvalue weighted by Gasteiger charge is 2.07. The molecule has 2 aromatic rings. The Morgan fingerprint density at radius 2 is 2.42 bits per heavy atom. The van der Waals surface area contributed by atoms with Crippen LogP contribution in [0.3, 0.4) is 0 Å². The second-order valence-corrected chi connectivity index (χ2v) is 4.13. The van der Waals surface area contributed by atoms with E-state index in [0.29, 0.717) is 11.3 Å². The molecule has 2 rings (SSSR count). The van der Waals surface area contributed by atoms with E-state index in [9.17, 15) is 4.79 Å². The number of rotatable bonds is 0. The first-order chi connectivity index (χ1) is 5.70. The smallest absolute Gasteiger partial charge is 0.318 e. The summed E-state index contributed by atoms with van der Waals surface area (Å²) in [7, 11) is 0. The van der Waals surface area contributed by atoms with Crippen LogP contribution in [0.1, 0.15) is 0 Å². The zero-order chi connectivity index (χ0) is 8.72. The molecule has 0 radical (unpaired) electrons. The van der Waals surface area contributed by atoms with Gasteiger partial charge in [-0.15, -0.1) is 0 Å². The molecule has 0 saturated heterocycles. The molecule has 0 unspecified atom stereocenters. The summed E-state index contributed by atoms with van der Waals surface area (Å²) in [6.45, 7) is 0. The number of nitrogen functional groups attached to an aromatic ring is 1. The van der Waals surface area contributed by atoms with Gasteiger partial charge in [0.2, 0.25) is 0 Å². The molecular weight excluding hydrogens is 289 g/mol. The van der Waals surface area contributed by atoms with Crippen LogP contribution in [-0.4, -0.2) is 7.76 Å². The summed E-state index contributed by atoms with van der Waals surface area (Å²) >= 11 is 3.03. The van der Waals surface area contributed by atoms with Crippen molar-refractivity contribution < 1.29 is 0 Å². The molecule has 0 saturated carbocycles. The first kappa shape index (κ1) is 7.99. The molecule has 12 heavy (non-hydrogen) atoms. The van der Waals surface area contributed by atoms with Gasteiger partial charge in [-0.1, -0.05) is 11.3 Å². The molecule has 2 N–H and O–H groups in total. The number of pyridine rings is 1. The fourth-order valence-electron chi connectivity index (χ4n) is 0.910. The fourth-order valence-corrected chi connectivity index (χ4v) is 2.50. The van der Waals surface area contributed by atoms with Gasteiger partial charge in [-0.2, -0.15) is 0 Å². The monoisotopic (exact) mass is 293 g/mol. The highest BCUT2D eigenvalue weighted by molar-refractivity contribution is 14.1. The quantitative estimate of drug-likeness (QED) is 0.743. The van der Waals surface area contributed by atoms with E-state index in [4.69, 9.17) is 5.73 Å². The van der Waals surface area contributed by atoms with E-state index in [1.807, 2.05) is 22.9 Å². The van der Waals surface area contributed by atoms with Gasteiger partial charge in [0.1, 0.15) is 0 Å². The molecule has 0 aliphatic rings. The van der Waals surface area contributed by atoms with Gasteiger partial charge in [0.25, 0.3) is 0 Å². The minimum Gasteiger partial charge on any atom is -0.397 e. The Bertz CT molecular complexity index is 489. The Labute approximate surface area is 85.5 Å². The Morgan fingerprint density at radius 3 is 3.08 bits per heavy atom. The predicted octanol–water partition coefficient (Wildman–Crippen LogP) is 1.24. The number of thiazole rings is 1. The Morgan fingerprint density at radius 1 is 1.67 bits per heavy atom. The standard InChI is InChI=1S/C6H4IN3OS/c7-10-5-4(12-6(10)11)3(8)1-2-9-5/h1-2H,(H2,8,9). The molecule has 6 heteroatoms. The van der Waals surface area contributed by atoms with E-state index < -0.39 is 0 Å². The molecule has 2 heterocycles. The van der Waals surface area contributed by atoms with Crippen molar-refractivity contribution in [1.29, 1.82) is 0 Å². The third-order valence-electron chi connectivity index (χ3n) is 1.45. The highest BCUT2D eigenvalue weighted by Crippen LogP contribution is 2.22. The molecule has 0 aromatic carbocycles. The maximum absolute atomic E-state index is 11.2. The number of nitrogens with zero attached hydrogens (tertiary/aromatic N) is 2. The van der Waals surface area contributed by atoms with Crippen molar-refractivity contribution in [2.45, 2.75) is 0 Å². The molecule has 0 bridgehead atoms.